The van der Waals surface area contributed by atoms with Gasteiger partial charge in [-0.25, -0.2) is 0 Å². The van der Waals surface area contributed by atoms with Crippen LogP contribution in [0.1, 0.15) is 13.8 Å². The Morgan fingerprint density at radius 2 is 2.00 bits per heavy atom. The van der Waals surface area contributed by atoms with E-state index in [1.54, 1.807) is 45.2 Å². The molecule has 4 nitrogen and oxygen atoms in total. The van der Waals surface area contributed by atoms with E-state index in [1.165, 1.54) is 7.11 Å². The highest BCUT2D eigenvalue weighted by Gasteiger charge is 2.31. The smallest absolute Gasteiger partial charge is 0.312 e. The van der Waals surface area contributed by atoms with Crippen LogP contribution in [0.5, 0.6) is 5.75 Å². The Morgan fingerprint density at radius 1 is 1.33 bits per heavy atom. The van der Waals surface area contributed by atoms with Gasteiger partial charge in [-0.15, -0.1) is 0 Å². The van der Waals surface area contributed by atoms with Gasteiger partial charge < -0.3 is 9.47 Å². The number of rotatable bonds is 5. The van der Waals surface area contributed by atoms with Gasteiger partial charge in [0.15, 0.2) is 0 Å². The van der Waals surface area contributed by atoms with Gasteiger partial charge in [-0.3, -0.25) is 9.00 Å². The zero-order valence-electron chi connectivity index (χ0n) is 11.1. The second-order valence-corrected chi connectivity index (χ2v) is 6.00. The SMILES string of the molecule is COC(=O)C(C)(C)CS(=O)c1cccc(OC)c1. The zero-order chi connectivity index (χ0) is 13.8. The molecule has 0 aliphatic heterocycles. The molecule has 5 heteroatoms. The van der Waals surface area contributed by atoms with E-state index in [9.17, 15) is 9.00 Å². The van der Waals surface area contributed by atoms with Crippen LogP contribution in [-0.2, 0) is 20.3 Å². The standard InChI is InChI=1S/C13H18O4S/c1-13(2,12(14)17-4)9-18(15)11-7-5-6-10(8-11)16-3/h5-8H,9H2,1-4H3. The third kappa shape index (κ3) is 3.57. The van der Waals surface area contributed by atoms with Gasteiger partial charge in [-0.1, -0.05) is 6.07 Å². The second-order valence-electron chi connectivity index (χ2n) is 4.54. The Balaban J connectivity index is 2.85. The third-order valence-electron chi connectivity index (χ3n) is 2.53. The first kappa shape index (κ1) is 14.7. The summed E-state index contributed by atoms with van der Waals surface area (Å²) in [5, 5.41) is 0. The summed E-state index contributed by atoms with van der Waals surface area (Å²) in [5.74, 6) is 0.503. The van der Waals surface area contributed by atoms with E-state index in [1.807, 2.05) is 0 Å². The average molecular weight is 270 g/mol. The highest BCUT2D eigenvalue weighted by molar-refractivity contribution is 7.85. The maximum Gasteiger partial charge on any atom is 0.312 e. The van der Waals surface area contributed by atoms with Crippen molar-refractivity contribution in [3.63, 3.8) is 0 Å². The van der Waals surface area contributed by atoms with E-state index >= 15 is 0 Å². The van der Waals surface area contributed by atoms with Gasteiger partial charge in [0, 0.05) is 10.6 Å². The van der Waals surface area contributed by atoms with Crippen molar-refractivity contribution in [1.29, 1.82) is 0 Å². The molecule has 0 amide bonds. The van der Waals surface area contributed by atoms with Gasteiger partial charge in [0.25, 0.3) is 0 Å². The Kier molecular flexibility index (Phi) is 4.90. The lowest BCUT2D eigenvalue weighted by molar-refractivity contribution is -0.149. The molecule has 0 saturated heterocycles. The van der Waals surface area contributed by atoms with E-state index in [-0.39, 0.29) is 11.7 Å². The van der Waals surface area contributed by atoms with Crippen molar-refractivity contribution in [3.8, 4) is 5.75 Å². The van der Waals surface area contributed by atoms with Gasteiger partial charge >= 0.3 is 5.97 Å². The zero-order valence-corrected chi connectivity index (χ0v) is 11.9. The highest BCUT2D eigenvalue weighted by Crippen LogP contribution is 2.23. The first-order valence-corrected chi connectivity index (χ1v) is 6.83. The Morgan fingerprint density at radius 3 is 2.56 bits per heavy atom. The predicted octanol–water partition coefficient (Wildman–Crippen LogP) is 2.00. The van der Waals surface area contributed by atoms with E-state index in [4.69, 9.17) is 9.47 Å². The fourth-order valence-corrected chi connectivity index (χ4v) is 2.91. The van der Waals surface area contributed by atoms with Gasteiger partial charge in [-0.05, 0) is 32.0 Å². The van der Waals surface area contributed by atoms with Crippen LogP contribution in [0.4, 0.5) is 0 Å². The van der Waals surface area contributed by atoms with Crippen molar-refractivity contribution in [2.45, 2.75) is 18.7 Å². The molecule has 0 spiro atoms. The molecule has 0 aliphatic rings. The molecule has 100 valence electrons. The fraction of sp³-hybridized carbons (Fsp3) is 0.462. The van der Waals surface area contributed by atoms with Crippen molar-refractivity contribution in [2.75, 3.05) is 20.0 Å². The molecule has 0 saturated carbocycles. The van der Waals surface area contributed by atoms with E-state index in [0.29, 0.717) is 10.6 Å². The maximum absolute atomic E-state index is 12.2. The summed E-state index contributed by atoms with van der Waals surface area (Å²) in [6, 6.07) is 7.03. The molecule has 0 N–H and O–H groups in total. The van der Waals surface area contributed by atoms with Gasteiger partial charge in [-0.2, -0.15) is 0 Å². The van der Waals surface area contributed by atoms with Crippen LogP contribution >= 0.6 is 0 Å². The topological polar surface area (TPSA) is 52.6 Å². The number of methoxy groups -OCH3 is 2. The Hall–Kier alpha value is -1.36. The Bertz CT molecular complexity index is 454. The van der Waals surface area contributed by atoms with E-state index in [0.717, 1.165) is 0 Å². The summed E-state index contributed by atoms with van der Waals surface area (Å²) in [5.41, 5.74) is -0.775. The molecular formula is C13H18O4S. The first-order valence-electron chi connectivity index (χ1n) is 5.51. The molecule has 1 aromatic rings. The second kappa shape index (κ2) is 6.00. The number of hydrogen-bond donors (Lipinski definition) is 0. The Labute approximate surface area is 110 Å². The van der Waals surface area contributed by atoms with Crippen molar-refractivity contribution < 1.29 is 18.5 Å². The number of carbonyl (C=O) groups is 1. The molecule has 1 unspecified atom stereocenters. The molecule has 1 aromatic carbocycles. The summed E-state index contributed by atoms with van der Waals surface area (Å²) in [7, 11) is 1.62. The highest BCUT2D eigenvalue weighted by atomic mass is 32.2. The molecule has 1 rings (SSSR count). The average Bonchev–Trinajstić information content (AvgIpc) is 2.37. The van der Waals surface area contributed by atoms with E-state index < -0.39 is 16.2 Å². The van der Waals surface area contributed by atoms with Gasteiger partial charge in [0.2, 0.25) is 0 Å². The van der Waals surface area contributed by atoms with Crippen LogP contribution in [0.15, 0.2) is 29.2 Å². The van der Waals surface area contributed by atoms with Crippen LogP contribution in [0.3, 0.4) is 0 Å². The maximum atomic E-state index is 12.2. The number of benzene rings is 1. The van der Waals surface area contributed by atoms with Crippen LogP contribution in [-0.4, -0.2) is 30.2 Å². The van der Waals surface area contributed by atoms with Crippen LogP contribution in [0, 0.1) is 5.41 Å². The minimum absolute atomic E-state index is 0.215. The number of ether oxygens (including phenoxy) is 2. The van der Waals surface area contributed by atoms with Crippen LogP contribution in [0.25, 0.3) is 0 Å². The number of hydrogen-bond acceptors (Lipinski definition) is 4. The largest absolute Gasteiger partial charge is 0.497 e. The quantitative estimate of drug-likeness (QED) is 0.768. The molecule has 1 atom stereocenters. The summed E-state index contributed by atoms with van der Waals surface area (Å²) in [4.78, 5) is 12.2. The van der Waals surface area contributed by atoms with Crippen LogP contribution < -0.4 is 4.74 Å². The molecule has 0 aliphatic carbocycles. The van der Waals surface area contributed by atoms with Gasteiger partial charge in [0.05, 0.1) is 30.4 Å². The molecule has 0 radical (unpaired) electrons. The summed E-state index contributed by atoms with van der Waals surface area (Å²) in [6.07, 6.45) is 0. The predicted molar refractivity (Wildman–Crippen MR) is 70.1 cm³/mol. The third-order valence-corrected chi connectivity index (χ3v) is 4.30. The van der Waals surface area contributed by atoms with Crippen molar-refractivity contribution in [2.24, 2.45) is 5.41 Å². The lowest BCUT2D eigenvalue weighted by atomic mass is 9.97. The lowest BCUT2D eigenvalue weighted by Crippen LogP contribution is -2.31. The molecule has 0 bridgehead atoms. The molecular weight excluding hydrogens is 252 g/mol. The summed E-state index contributed by atoms with van der Waals surface area (Å²) in [6.45, 7) is 3.44. The fourth-order valence-electron chi connectivity index (χ4n) is 1.49. The monoisotopic (exact) mass is 270 g/mol. The first-order chi connectivity index (χ1) is 8.40. The normalized spacial score (nSPS) is 12.9. The minimum Gasteiger partial charge on any atom is -0.497 e. The molecule has 18 heavy (non-hydrogen) atoms. The lowest BCUT2D eigenvalue weighted by Gasteiger charge is -2.20. The molecule has 0 heterocycles. The number of carbonyl (C=O) groups excluding carboxylic acids is 1. The van der Waals surface area contributed by atoms with Gasteiger partial charge in [0.1, 0.15) is 5.75 Å². The van der Waals surface area contributed by atoms with Crippen molar-refractivity contribution >= 4 is 16.8 Å². The van der Waals surface area contributed by atoms with Crippen molar-refractivity contribution in [3.05, 3.63) is 24.3 Å². The molecule has 0 fully saturated rings. The summed E-state index contributed by atoms with van der Waals surface area (Å²) < 4.78 is 22.0. The summed E-state index contributed by atoms with van der Waals surface area (Å²) >= 11 is 0. The van der Waals surface area contributed by atoms with E-state index in [2.05, 4.69) is 0 Å². The van der Waals surface area contributed by atoms with Crippen molar-refractivity contribution in [1.82, 2.24) is 0 Å². The van der Waals surface area contributed by atoms with Crippen LogP contribution in [0.2, 0.25) is 0 Å². The molecule has 0 aromatic heterocycles. The number of esters is 1. The minimum atomic E-state index is -1.27.